The minimum atomic E-state index is -3.39. The predicted octanol–water partition coefficient (Wildman–Crippen LogP) is 2.47. The summed E-state index contributed by atoms with van der Waals surface area (Å²) in [5.74, 6) is 0.980. The topological polar surface area (TPSA) is 77.6 Å². The summed E-state index contributed by atoms with van der Waals surface area (Å²) < 4.78 is 38.2. The van der Waals surface area contributed by atoms with E-state index in [1.807, 2.05) is 30.7 Å². The molecule has 0 aromatic carbocycles. The standard InChI is InChI=1S/C18H27N3O4S/c1-3-10-26(22,23)18-19-11-15(21(18)14-17-7-5-9-25-17)12-20(2)13-16-6-4-8-24-16/h4,6,8,11,17H,3,5,7,9-10,12-14H2,1-2H3/t17-/m0/s1. The fourth-order valence-corrected chi connectivity index (χ4v) is 4.78. The van der Waals surface area contributed by atoms with Crippen LogP contribution in [0.15, 0.2) is 34.2 Å². The fourth-order valence-electron chi connectivity index (χ4n) is 3.31. The molecule has 0 N–H and O–H groups in total. The van der Waals surface area contributed by atoms with Crippen molar-refractivity contribution in [1.29, 1.82) is 0 Å². The van der Waals surface area contributed by atoms with Crippen molar-refractivity contribution in [3.63, 3.8) is 0 Å². The van der Waals surface area contributed by atoms with E-state index >= 15 is 0 Å². The van der Waals surface area contributed by atoms with Gasteiger partial charge in [0.2, 0.25) is 15.0 Å². The zero-order chi connectivity index (χ0) is 18.6. The molecule has 0 spiro atoms. The number of rotatable bonds is 9. The zero-order valence-corrected chi connectivity index (χ0v) is 16.2. The molecule has 8 heteroatoms. The lowest BCUT2D eigenvalue weighted by atomic mass is 10.2. The maximum atomic E-state index is 12.6. The van der Waals surface area contributed by atoms with E-state index in [1.165, 1.54) is 0 Å². The van der Waals surface area contributed by atoms with Crippen molar-refractivity contribution in [3.05, 3.63) is 36.0 Å². The van der Waals surface area contributed by atoms with Gasteiger partial charge in [-0.25, -0.2) is 13.4 Å². The molecule has 3 rings (SSSR count). The molecule has 3 heterocycles. The van der Waals surface area contributed by atoms with E-state index < -0.39 is 9.84 Å². The molecule has 0 aliphatic carbocycles. The van der Waals surface area contributed by atoms with E-state index in [0.717, 1.165) is 30.9 Å². The van der Waals surface area contributed by atoms with Gasteiger partial charge in [0.15, 0.2) is 0 Å². The van der Waals surface area contributed by atoms with Crippen molar-refractivity contribution < 1.29 is 17.6 Å². The first-order valence-electron chi connectivity index (χ1n) is 9.09. The molecule has 144 valence electrons. The van der Waals surface area contributed by atoms with Crippen molar-refractivity contribution in [2.75, 3.05) is 19.4 Å². The second-order valence-electron chi connectivity index (χ2n) is 6.85. The van der Waals surface area contributed by atoms with Crippen molar-refractivity contribution in [1.82, 2.24) is 14.5 Å². The van der Waals surface area contributed by atoms with Crippen LogP contribution in [0.4, 0.5) is 0 Å². The van der Waals surface area contributed by atoms with Crippen LogP contribution < -0.4 is 0 Å². The van der Waals surface area contributed by atoms with Crippen LogP contribution >= 0.6 is 0 Å². The van der Waals surface area contributed by atoms with Crippen LogP contribution in [0.25, 0.3) is 0 Å². The molecule has 0 unspecified atom stereocenters. The summed E-state index contributed by atoms with van der Waals surface area (Å²) in [5.41, 5.74) is 0.879. The summed E-state index contributed by atoms with van der Waals surface area (Å²) in [6, 6.07) is 3.79. The van der Waals surface area contributed by atoms with Crippen LogP contribution in [-0.2, 0) is 34.2 Å². The van der Waals surface area contributed by atoms with Crippen LogP contribution in [0.2, 0.25) is 0 Å². The number of ether oxygens (including phenoxy) is 1. The van der Waals surface area contributed by atoms with Gasteiger partial charge in [-0.2, -0.15) is 0 Å². The molecular formula is C18H27N3O4S. The Morgan fingerprint density at radius 1 is 1.38 bits per heavy atom. The summed E-state index contributed by atoms with van der Waals surface area (Å²) in [7, 11) is -1.41. The van der Waals surface area contributed by atoms with Crippen molar-refractivity contribution in [3.8, 4) is 0 Å². The molecule has 1 fully saturated rings. The number of sulfone groups is 1. The minimum absolute atomic E-state index is 0.0499. The fraction of sp³-hybridized carbons (Fsp3) is 0.611. The summed E-state index contributed by atoms with van der Waals surface area (Å²) in [6.45, 7) is 4.37. The van der Waals surface area contributed by atoms with Gasteiger partial charge in [0, 0.05) is 13.2 Å². The van der Waals surface area contributed by atoms with E-state index in [0.29, 0.717) is 26.1 Å². The second-order valence-corrected chi connectivity index (χ2v) is 8.85. The Morgan fingerprint density at radius 3 is 2.88 bits per heavy atom. The Labute approximate surface area is 154 Å². The highest BCUT2D eigenvalue weighted by molar-refractivity contribution is 7.91. The number of hydrogen-bond donors (Lipinski definition) is 0. The number of nitrogens with zero attached hydrogens (tertiary/aromatic N) is 3. The molecular weight excluding hydrogens is 354 g/mol. The average Bonchev–Trinajstić information content (AvgIpc) is 3.31. The lowest BCUT2D eigenvalue weighted by Crippen LogP contribution is -2.25. The lowest BCUT2D eigenvalue weighted by Gasteiger charge is -2.19. The first kappa shape index (κ1) is 19.1. The molecule has 0 radical (unpaired) electrons. The Bertz CT molecular complexity index is 793. The highest BCUT2D eigenvalue weighted by atomic mass is 32.2. The third-order valence-corrected chi connectivity index (χ3v) is 6.33. The smallest absolute Gasteiger partial charge is 0.227 e. The Morgan fingerprint density at radius 2 is 2.23 bits per heavy atom. The first-order valence-corrected chi connectivity index (χ1v) is 10.7. The monoisotopic (exact) mass is 381 g/mol. The third-order valence-electron chi connectivity index (χ3n) is 4.50. The minimum Gasteiger partial charge on any atom is -0.468 e. The lowest BCUT2D eigenvalue weighted by molar-refractivity contribution is 0.0933. The first-order chi connectivity index (χ1) is 12.5. The van der Waals surface area contributed by atoms with E-state index in [1.54, 1.807) is 12.5 Å². The molecule has 1 atom stereocenters. The van der Waals surface area contributed by atoms with Crippen molar-refractivity contribution in [2.45, 2.75) is 57.1 Å². The van der Waals surface area contributed by atoms with E-state index in [2.05, 4.69) is 9.88 Å². The van der Waals surface area contributed by atoms with Crippen LogP contribution in [0.3, 0.4) is 0 Å². The molecule has 1 aliphatic heterocycles. The van der Waals surface area contributed by atoms with Gasteiger partial charge in [-0.15, -0.1) is 0 Å². The van der Waals surface area contributed by atoms with Crippen molar-refractivity contribution in [2.24, 2.45) is 0 Å². The Hall–Kier alpha value is -1.64. The highest BCUT2D eigenvalue weighted by Gasteiger charge is 2.26. The Balaban J connectivity index is 1.82. The third kappa shape index (κ3) is 4.55. The van der Waals surface area contributed by atoms with Gasteiger partial charge in [0.1, 0.15) is 5.76 Å². The summed E-state index contributed by atoms with van der Waals surface area (Å²) in [5, 5.41) is 0.163. The molecule has 1 aliphatic rings. The van der Waals surface area contributed by atoms with Crippen LogP contribution in [0.5, 0.6) is 0 Å². The maximum absolute atomic E-state index is 12.6. The van der Waals surface area contributed by atoms with Crippen molar-refractivity contribution >= 4 is 9.84 Å². The van der Waals surface area contributed by atoms with Crippen LogP contribution in [0.1, 0.15) is 37.6 Å². The predicted molar refractivity (Wildman–Crippen MR) is 97.4 cm³/mol. The molecule has 0 saturated carbocycles. The summed E-state index contributed by atoms with van der Waals surface area (Å²) in [6.07, 6.45) is 5.92. The molecule has 0 amide bonds. The second kappa shape index (κ2) is 8.37. The van der Waals surface area contributed by atoms with Gasteiger partial charge < -0.3 is 13.7 Å². The largest absolute Gasteiger partial charge is 0.468 e. The quantitative estimate of drug-likeness (QED) is 0.664. The van der Waals surface area contributed by atoms with Gasteiger partial charge in [0.05, 0.1) is 43.1 Å². The van der Waals surface area contributed by atoms with E-state index in [4.69, 9.17) is 9.15 Å². The SMILES string of the molecule is CCCS(=O)(=O)c1ncc(CN(C)Cc2ccco2)n1C[C@@H]1CCCO1. The van der Waals surface area contributed by atoms with E-state index in [9.17, 15) is 8.42 Å². The number of furan rings is 1. The van der Waals surface area contributed by atoms with Gasteiger partial charge >= 0.3 is 0 Å². The normalized spacial score (nSPS) is 18.0. The highest BCUT2D eigenvalue weighted by Crippen LogP contribution is 2.21. The molecule has 26 heavy (non-hydrogen) atoms. The Kier molecular flexibility index (Phi) is 6.16. The van der Waals surface area contributed by atoms with Gasteiger partial charge in [-0.3, -0.25) is 4.90 Å². The molecule has 1 saturated heterocycles. The summed E-state index contributed by atoms with van der Waals surface area (Å²) in [4.78, 5) is 6.35. The van der Waals surface area contributed by atoms with Crippen LogP contribution in [0, 0.1) is 0 Å². The molecule has 7 nitrogen and oxygen atoms in total. The molecule has 0 bridgehead atoms. The molecule has 2 aromatic rings. The average molecular weight is 381 g/mol. The molecule has 2 aromatic heterocycles. The number of hydrogen-bond acceptors (Lipinski definition) is 6. The number of aromatic nitrogens is 2. The summed E-state index contributed by atoms with van der Waals surface area (Å²) >= 11 is 0. The van der Waals surface area contributed by atoms with Gasteiger partial charge in [-0.1, -0.05) is 6.92 Å². The van der Waals surface area contributed by atoms with Gasteiger partial charge in [-0.05, 0) is 38.4 Å². The zero-order valence-electron chi connectivity index (χ0n) is 15.4. The maximum Gasteiger partial charge on any atom is 0.227 e. The number of imidazole rings is 1. The van der Waals surface area contributed by atoms with Crippen LogP contribution in [-0.4, -0.2) is 48.4 Å². The van der Waals surface area contributed by atoms with E-state index in [-0.39, 0.29) is 17.0 Å². The van der Waals surface area contributed by atoms with Gasteiger partial charge in [0.25, 0.3) is 0 Å².